The fourth-order valence-corrected chi connectivity index (χ4v) is 1.61. The molecule has 0 spiro atoms. The van der Waals surface area contributed by atoms with Crippen LogP contribution < -0.4 is 5.73 Å². The van der Waals surface area contributed by atoms with Crippen molar-refractivity contribution in [2.75, 3.05) is 14.1 Å². The Kier molecular flexibility index (Phi) is 3.62. The molecule has 2 rings (SSSR count). The van der Waals surface area contributed by atoms with Crippen LogP contribution in [0.2, 0.25) is 0 Å². The lowest BCUT2D eigenvalue weighted by atomic mass is 10.2. The SMILES string of the molecule is C[C@@H](N)c1ccc(-n2ccc(C(=O)N(C)C)n2)cn1. The van der Waals surface area contributed by atoms with Gasteiger partial charge in [0.05, 0.1) is 17.6 Å². The average molecular weight is 259 g/mol. The summed E-state index contributed by atoms with van der Waals surface area (Å²) in [7, 11) is 3.39. The van der Waals surface area contributed by atoms with Gasteiger partial charge < -0.3 is 10.6 Å². The monoisotopic (exact) mass is 259 g/mol. The fourth-order valence-electron chi connectivity index (χ4n) is 1.61. The highest BCUT2D eigenvalue weighted by atomic mass is 16.2. The molecule has 0 radical (unpaired) electrons. The Morgan fingerprint density at radius 1 is 1.37 bits per heavy atom. The van der Waals surface area contributed by atoms with Crippen LogP contribution in [0.3, 0.4) is 0 Å². The minimum atomic E-state index is -0.126. The summed E-state index contributed by atoms with van der Waals surface area (Å²) in [6.45, 7) is 1.88. The molecule has 0 aliphatic heterocycles. The number of nitrogens with two attached hydrogens (primary N) is 1. The molecule has 2 aromatic heterocycles. The van der Waals surface area contributed by atoms with E-state index in [1.54, 1.807) is 37.2 Å². The summed E-state index contributed by atoms with van der Waals surface area (Å²) in [5.74, 6) is -0.126. The number of carbonyl (C=O) groups is 1. The van der Waals surface area contributed by atoms with Crippen molar-refractivity contribution in [3.05, 3.63) is 42.0 Å². The van der Waals surface area contributed by atoms with Crippen LogP contribution in [0, 0.1) is 0 Å². The van der Waals surface area contributed by atoms with Crippen LogP contribution in [0.25, 0.3) is 5.69 Å². The van der Waals surface area contributed by atoms with Gasteiger partial charge in [0.1, 0.15) is 0 Å². The van der Waals surface area contributed by atoms with Gasteiger partial charge in [-0.2, -0.15) is 5.10 Å². The molecule has 0 saturated heterocycles. The summed E-state index contributed by atoms with van der Waals surface area (Å²) in [5.41, 5.74) is 7.76. The number of pyridine rings is 1. The number of amides is 1. The maximum Gasteiger partial charge on any atom is 0.273 e. The van der Waals surface area contributed by atoms with Gasteiger partial charge in [0.25, 0.3) is 5.91 Å². The molecular weight excluding hydrogens is 242 g/mol. The number of hydrogen-bond donors (Lipinski definition) is 1. The van der Waals surface area contributed by atoms with E-state index in [1.165, 1.54) is 4.90 Å². The lowest BCUT2D eigenvalue weighted by molar-refractivity contribution is 0.0821. The highest BCUT2D eigenvalue weighted by Crippen LogP contribution is 2.11. The molecule has 2 heterocycles. The second kappa shape index (κ2) is 5.19. The quantitative estimate of drug-likeness (QED) is 0.891. The predicted molar refractivity (Wildman–Crippen MR) is 72.0 cm³/mol. The van der Waals surface area contributed by atoms with Crippen molar-refractivity contribution in [2.24, 2.45) is 5.73 Å². The smallest absolute Gasteiger partial charge is 0.273 e. The maximum atomic E-state index is 11.8. The summed E-state index contributed by atoms with van der Waals surface area (Å²) in [4.78, 5) is 17.5. The second-order valence-electron chi connectivity index (χ2n) is 4.58. The van der Waals surface area contributed by atoms with E-state index < -0.39 is 0 Å². The minimum Gasteiger partial charge on any atom is -0.343 e. The zero-order valence-corrected chi connectivity index (χ0v) is 11.2. The van der Waals surface area contributed by atoms with Crippen molar-refractivity contribution in [2.45, 2.75) is 13.0 Å². The molecule has 1 atom stereocenters. The first-order valence-electron chi connectivity index (χ1n) is 5.98. The topological polar surface area (TPSA) is 77.0 Å². The van der Waals surface area contributed by atoms with Gasteiger partial charge in [-0.1, -0.05) is 0 Å². The molecule has 1 amide bonds. The van der Waals surface area contributed by atoms with Crippen molar-refractivity contribution in [3.63, 3.8) is 0 Å². The van der Waals surface area contributed by atoms with Crippen molar-refractivity contribution < 1.29 is 4.79 Å². The summed E-state index contributed by atoms with van der Waals surface area (Å²) in [5, 5.41) is 4.23. The van der Waals surface area contributed by atoms with Crippen molar-refractivity contribution in [3.8, 4) is 5.69 Å². The molecule has 0 unspecified atom stereocenters. The van der Waals surface area contributed by atoms with Crippen molar-refractivity contribution in [1.82, 2.24) is 19.7 Å². The highest BCUT2D eigenvalue weighted by molar-refractivity contribution is 5.91. The third kappa shape index (κ3) is 2.79. The van der Waals surface area contributed by atoms with E-state index in [9.17, 15) is 4.79 Å². The lowest BCUT2D eigenvalue weighted by Crippen LogP contribution is -2.22. The normalized spacial score (nSPS) is 12.2. The number of hydrogen-bond acceptors (Lipinski definition) is 4. The van der Waals surface area contributed by atoms with Crippen molar-refractivity contribution in [1.29, 1.82) is 0 Å². The second-order valence-corrected chi connectivity index (χ2v) is 4.58. The van der Waals surface area contributed by atoms with Gasteiger partial charge in [0.15, 0.2) is 5.69 Å². The third-order valence-corrected chi connectivity index (χ3v) is 2.72. The van der Waals surface area contributed by atoms with Gasteiger partial charge in [-0.05, 0) is 25.1 Å². The van der Waals surface area contributed by atoms with E-state index in [0.29, 0.717) is 5.69 Å². The van der Waals surface area contributed by atoms with Crippen LogP contribution in [0.1, 0.15) is 29.1 Å². The van der Waals surface area contributed by atoms with Crippen LogP contribution in [0.4, 0.5) is 0 Å². The molecule has 0 saturated carbocycles. The van der Waals surface area contributed by atoms with Crippen molar-refractivity contribution >= 4 is 5.91 Å². The van der Waals surface area contributed by atoms with Gasteiger partial charge in [0, 0.05) is 26.3 Å². The van der Waals surface area contributed by atoms with Gasteiger partial charge in [-0.15, -0.1) is 0 Å². The number of nitrogens with zero attached hydrogens (tertiary/aromatic N) is 4. The molecule has 2 N–H and O–H groups in total. The molecule has 6 heteroatoms. The Bertz CT molecular complexity index is 571. The Morgan fingerprint density at radius 3 is 2.63 bits per heavy atom. The molecule has 0 bridgehead atoms. The van der Waals surface area contributed by atoms with Crippen LogP contribution in [0.15, 0.2) is 30.6 Å². The lowest BCUT2D eigenvalue weighted by Gasteiger charge is -2.07. The minimum absolute atomic E-state index is 0.0995. The number of rotatable bonds is 3. The zero-order valence-electron chi connectivity index (χ0n) is 11.2. The van der Waals surface area contributed by atoms with Gasteiger partial charge in [-0.3, -0.25) is 9.78 Å². The van der Waals surface area contributed by atoms with E-state index in [4.69, 9.17) is 5.73 Å². The fraction of sp³-hybridized carbons (Fsp3) is 0.308. The standard InChI is InChI=1S/C13H17N5O/c1-9(14)11-5-4-10(8-15-11)18-7-6-12(16-18)13(19)17(2)3/h4-9H,14H2,1-3H3/t9-/m1/s1. The predicted octanol–water partition coefficient (Wildman–Crippen LogP) is 0.989. The zero-order chi connectivity index (χ0) is 14.0. The van der Waals surface area contributed by atoms with Crippen LogP contribution in [-0.2, 0) is 0 Å². The molecule has 0 aromatic carbocycles. The summed E-state index contributed by atoms with van der Waals surface area (Å²) >= 11 is 0. The first kappa shape index (κ1) is 13.2. The Labute approximate surface area is 111 Å². The summed E-state index contributed by atoms with van der Waals surface area (Å²) < 4.78 is 1.62. The van der Waals surface area contributed by atoms with Gasteiger partial charge in [-0.25, -0.2) is 4.68 Å². The first-order valence-corrected chi connectivity index (χ1v) is 5.98. The van der Waals surface area contributed by atoms with E-state index in [2.05, 4.69) is 10.1 Å². The number of aromatic nitrogens is 3. The highest BCUT2D eigenvalue weighted by Gasteiger charge is 2.12. The van der Waals surface area contributed by atoms with Crippen LogP contribution in [0.5, 0.6) is 0 Å². The van der Waals surface area contributed by atoms with E-state index in [1.807, 2.05) is 19.1 Å². The third-order valence-electron chi connectivity index (χ3n) is 2.72. The Morgan fingerprint density at radius 2 is 2.11 bits per heavy atom. The van der Waals surface area contributed by atoms with Gasteiger partial charge >= 0.3 is 0 Å². The van der Waals surface area contributed by atoms with Gasteiger partial charge in [0.2, 0.25) is 0 Å². The average Bonchev–Trinajstić information content (AvgIpc) is 2.87. The first-order chi connectivity index (χ1) is 8.99. The van der Waals surface area contributed by atoms with E-state index in [-0.39, 0.29) is 11.9 Å². The molecule has 2 aromatic rings. The summed E-state index contributed by atoms with van der Waals surface area (Å²) in [6.07, 6.45) is 3.43. The maximum absolute atomic E-state index is 11.8. The Balaban J connectivity index is 2.25. The summed E-state index contributed by atoms with van der Waals surface area (Å²) in [6, 6.07) is 5.32. The number of carbonyl (C=O) groups excluding carboxylic acids is 1. The largest absolute Gasteiger partial charge is 0.343 e. The molecule has 19 heavy (non-hydrogen) atoms. The van der Waals surface area contributed by atoms with Crippen LogP contribution in [-0.4, -0.2) is 39.7 Å². The molecule has 0 fully saturated rings. The molecule has 0 aliphatic carbocycles. The molecule has 6 nitrogen and oxygen atoms in total. The molecule has 0 aliphatic rings. The Hall–Kier alpha value is -2.21. The molecule has 100 valence electrons. The molecular formula is C13H17N5O. The van der Waals surface area contributed by atoms with E-state index >= 15 is 0 Å². The van der Waals surface area contributed by atoms with Crippen LogP contribution >= 0.6 is 0 Å². The van der Waals surface area contributed by atoms with E-state index in [0.717, 1.165) is 11.4 Å².